The summed E-state index contributed by atoms with van der Waals surface area (Å²) in [4.78, 5) is 0. The molecule has 17 heavy (non-hydrogen) atoms. The van der Waals surface area contributed by atoms with E-state index >= 15 is 0 Å². The van der Waals surface area contributed by atoms with Crippen LogP contribution in [0.15, 0.2) is 0 Å². The minimum atomic E-state index is -3.16. The van der Waals surface area contributed by atoms with E-state index in [0.717, 1.165) is 12.8 Å². The highest BCUT2D eigenvalue weighted by atomic mass is 32.2. The van der Waals surface area contributed by atoms with Crippen LogP contribution in [0.5, 0.6) is 0 Å². The van der Waals surface area contributed by atoms with Crippen molar-refractivity contribution in [1.29, 1.82) is 5.41 Å². The van der Waals surface area contributed by atoms with Gasteiger partial charge in [-0.15, -0.1) is 0 Å². The Balaban J connectivity index is 2.62. The number of nitrogens with one attached hydrogen (secondary N) is 1. The van der Waals surface area contributed by atoms with Crippen molar-refractivity contribution in [2.24, 2.45) is 17.6 Å². The van der Waals surface area contributed by atoms with Crippen LogP contribution in [0.3, 0.4) is 0 Å². The van der Waals surface area contributed by atoms with Gasteiger partial charge in [0.15, 0.2) is 0 Å². The minimum absolute atomic E-state index is 0.0995. The number of rotatable bonds is 5. The van der Waals surface area contributed by atoms with Gasteiger partial charge in [-0.25, -0.2) is 12.7 Å². The fraction of sp³-hybridized carbons (Fsp3) is 0.909. The van der Waals surface area contributed by atoms with Crippen LogP contribution in [0.25, 0.3) is 0 Å². The van der Waals surface area contributed by atoms with Crippen LogP contribution in [0.4, 0.5) is 0 Å². The van der Waals surface area contributed by atoms with Gasteiger partial charge in [-0.1, -0.05) is 13.8 Å². The molecule has 5 nitrogen and oxygen atoms in total. The van der Waals surface area contributed by atoms with E-state index in [1.54, 1.807) is 0 Å². The Bertz CT molecular complexity index is 365. The topological polar surface area (TPSA) is 87.2 Å². The number of amidine groups is 1. The molecular formula is C11H23N3O2S. The first kappa shape index (κ1) is 14.4. The van der Waals surface area contributed by atoms with E-state index in [0.29, 0.717) is 25.4 Å². The van der Waals surface area contributed by atoms with Crippen molar-refractivity contribution in [2.45, 2.75) is 33.1 Å². The zero-order chi connectivity index (χ0) is 13.1. The number of nitrogens with zero attached hydrogens (tertiary/aromatic N) is 1. The maximum absolute atomic E-state index is 12.1. The van der Waals surface area contributed by atoms with Gasteiger partial charge in [0.05, 0.1) is 11.6 Å². The molecule has 0 aliphatic carbocycles. The van der Waals surface area contributed by atoms with Gasteiger partial charge < -0.3 is 5.73 Å². The summed E-state index contributed by atoms with van der Waals surface area (Å²) in [5, 5.41) is 7.41. The predicted molar refractivity (Wildman–Crippen MR) is 69.5 cm³/mol. The fourth-order valence-corrected chi connectivity index (χ4v) is 3.80. The minimum Gasteiger partial charge on any atom is -0.387 e. The third-order valence-electron chi connectivity index (χ3n) is 3.17. The molecule has 1 fully saturated rings. The van der Waals surface area contributed by atoms with Gasteiger partial charge in [-0.2, -0.15) is 0 Å². The zero-order valence-corrected chi connectivity index (χ0v) is 11.5. The van der Waals surface area contributed by atoms with E-state index < -0.39 is 10.0 Å². The number of hydrogen-bond acceptors (Lipinski definition) is 3. The SMILES string of the molecule is CC(C)CCS(=O)(=O)N1CCCC(C(=N)N)C1. The first-order valence-corrected chi connectivity index (χ1v) is 7.75. The first-order valence-electron chi connectivity index (χ1n) is 6.14. The maximum Gasteiger partial charge on any atom is 0.214 e. The van der Waals surface area contributed by atoms with Crippen LogP contribution in [0, 0.1) is 17.2 Å². The molecule has 0 saturated carbocycles. The molecule has 6 heteroatoms. The quantitative estimate of drug-likeness (QED) is 0.572. The molecule has 1 saturated heterocycles. The Labute approximate surface area is 104 Å². The van der Waals surface area contributed by atoms with Crippen molar-refractivity contribution in [3.05, 3.63) is 0 Å². The largest absolute Gasteiger partial charge is 0.387 e. The molecule has 0 aromatic carbocycles. The van der Waals surface area contributed by atoms with Crippen molar-refractivity contribution in [1.82, 2.24) is 4.31 Å². The smallest absolute Gasteiger partial charge is 0.214 e. The summed E-state index contributed by atoms with van der Waals surface area (Å²) in [5.74, 6) is 0.597. The van der Waals surface area contributed by atoms with Gasteiger partial charge in [0.25, 0.3) is 0 Å². The Hall–Kier alpha value is -0.620. The summed E-state index contributed by atoms with van der Waals surface area (Å²) in [7, 11) is -3.16. The number of nitrogens with two attached hydrogens (primary N) is 1. The zero-order valence-electron chi connectivity index (χ0n) is 10.6. The van der Waals surface area contributed by atoms with E-state index in [9.17, 15) is 8.42 Å². The third kappa shape index (κ3) is 4.27. The first-order chi connectivity index (χ1) is 7.83. The van der Waals surface area contributed by atoms with Crippen molar-refractivity contribution in [3.8, 4) is 0 Å². The van der Waals surface area contributed by atoms with Crippen molar-refractivity contribution >= 4 is 15.9 Å². The van der Waals surface area contributed by atoms with Gasteiger partial charge in [-0.3, -0.25) is 5.41 Å². The van der Waals surface area contributed by atoms with E-state index in [4.69, 9.17) is 11.1 Å². The molecule has 0 amide bonds. The summed E-state index contributed by atoms with van der Waals surface area (Å²) >= 11 is 0. The molecule has 1 atom stereocenters. The monoisotopic (exact) mass is 261 g/mol. The summed E-state index contributed by atoms with van der Waals surface area (Å²) in [6.07, 6.45) is 2.31. The molecular weight excluding hydrogens is 238 g/mol. The highest BCUT2D eigenvalue weighted by Crippen LogP contribution is 2.20. The Morgan fingerprint density at radius 2 is 2.18 bits per heavy atom. The lowest BCUT2D eigenvalue weighted by molar-refractivity contribution is 0.309. The number of sulfonamides is 1. The predicted octanol–water partition coefficient (Wildman–Crippen LogP) is 1.01. The lowest BCUT2D eigenvalue weighted by Gasteiger charge is -2.31. The van der Waals surface area contributed by atoms with Crippen LogP contribution < -0.4 is 5.73 Å². The average Bonchev–Trinajstić information content (AvgIpc) is 2.27. The van der Waals surface area contributed by atoms with Gasteiger partial charge in [0, 0.05) is 19.0 Å². The van der Waals surface area contributed by atoms with Crippen LogP contribution in [-0.2, 0) is 10.0 Å². The summed E-state index contributed by atoms with van der Waals surface area (Å²) in [6, 6.07) is 0. The molecule has 3 N–H and O–H groups in total. The van der Waals surface area contributed by atoms with Crippen LogP contribution >= 0.6 is 0 Å². The van der Waals surface area contributed by atoms with Gasteiger partial charge >= 0.3 is 0 Å². The van der Waals surface area contributed by atoms with Crippen LogP contribution in [0.1, 0.15) is 33.1 Å². The van der Waals surface area contributed by atoms with E-state index in [-0.39, 0.29) is 17.5 Å². The fourth-order valence-electron chi connectivity index (χ4n) is 1.96. The Kier molecular flexibility index (Phi) is 4.94. The molecule has 1 rings (SSSR count). The standard InChI is InChI=1S/C11H23N3O2S/c1-9(2)5-7-17(15,16)14-6-3-4-10(8-14)11(12)13/h9-10H,3-8H2,1-2H3,(H3,12,13). The molecule has 0 spiro atoms. The summed E-state index contributed by atoms with van der Waals surface area (Å²) in [5.41, 5.74) is 5.46. The maximum atomic E-state index is 12.1. The second-order valence-corrected chi connectivity index (χ2v) is 7.24. The second kappa shape index (κ2) is 5.82. The molecule has 1 unspecified atom stereocenters. The van der Waals surface area contributed by atoms with Crippen LogP contribution in [0.2, 0.25) is 0 Å². The van der Waals surface area contributed by atoms with Crippen molar-refractivity contribution in [2.75, 3.05) is 18.8 Å². The highest BCUT2D eigenvalue weighted by Gasteiger charge is 2.29. The molecule has 0 radical (unpaired) electrons. The van der Waals surface area contributed by atoms with E-state index in [1.807, 2.05) is 13.8 Å². The highest BCUT2D eigenvalue weighted by molar-refractivity contribution is 7.89. The van der Waals surface area contributed by atoms with E-state index in [2.05, 4.69) is 0 Å². The lowest BCUT2D eigenvalue weighted by atomic mass is 9.99. The Morgan fingerprint density at radius 3 is 2.71 bits per heavy atom. The number of piperidine rings is 1. The van der Waals surface area contributed by atoms with Crippen LogP contribution in [-0.4, -0.2) is 37.4 Å². The molecule has 1 aliphatic heterocycles. The molecule has 0 aromatic rings. The van der Waals surface area contributed by atoms with Crippen molar-refractivity contribution < 1.29 is 8.42 Å². The third-order valence-corrected chi connectivity index (χ3v) is 5.04. The molecule has 0 aromatic heterocycles. The normalized spacial score (nSPS) is 22.9. The molecule has 1 aliphatic rings. The molecule has 1 heterocycles. The lowest BCUT2D eigenvalue weighted by Crippen LogP contribution is -2.44. The van der Waals surface area contributed by atoms with Gasteiger partial charge in [0.2, 0.25) is 10.0 Å². The van der Waals surface area contributed by atoms with Gasteiger partial charge in [0.1, 0.15) is 0 Å². The van der Waals surface area contributed by atoms with E-state index in [1.165, 1.54) is 4.31 Å². The Morgan fingerprint density at radius 1 is 1.53 bits per heavy atom. The average molecular weight is 261 g/mol. The van der Waals surface area contributed by atoms with Crippen molar-refractivity contribution in [3.63, 3.8) is 0 Å². The molecule has 100 valence electrons. The summed E-state index contributed by atoms with van der Waals surface area (Å²) < 4.78 is 25.7. The number of hydrogen-bond donors (Lipinski definition) is 2. The molecule has 0 bridgehead atoms. The van der Waals surface area contributed by atoms with Gasteiger partial charge in [-0.05, 0) is 25.2 Å². The second-order valence-electron chi connectivity index (χ2n) is 5.15. The summed E-state index contributed by atoms with van der Waals surface area (Å²) in [6.45, 7) is 4.99.